The minimum Gasteiger partial charge on any atom is -0.494 e. The maximum absolute atomic E-state index is 13.3. The highest BCUT2D eigenvalue weighted by molar-refractivity contribution is 6.13. The zero-order valence-corrected chi connectivity index (χ0v) is 16.4. The molecule has 2 N–H and O–H groups in total. The Kier molecular flexibility index (Phi) is 4.80. The molecule has 1 saturated carbocycles. The molecule has 1 fully saturated rings. The maximum atomic E-state index is 13.3. The van der Waals surface area contributed by atoms with Gasteiger partial charge in [0.15, 0.2) is 0 Å². The van der Waals surface area contributed by atoms with Crippen molar-refractivity contribution >= 4 is 22.5 Å². The first kappa shape index (κ1) is 20.0. The van der Waals surface area contributed by atoms with Crippen molar-refractivity contribution in [3.63, 3.8) is 0 Å². The third-order valence-corrected chi connectivity index (χ3v) is 5.17. The number of aromatic nitrogens is 1. The minimum absolute atomic E-state index is 0.0434. The average molecular weight is 415 g/mol. The molecule has 8 heteroatoms. The predicted molar refractivity (Wildman–Crippen MR) is 108 cm³/mol. The lowest BCUT2D eigenvalue weighted by Gasteiger charge is -2.10. The van der Waals surface area contributed by atoms with Gasteiger partial charge in [-0.15, -0.1) is 0 Å². The van der Waals surface area contributed by atoms with Crippen LogP contribution in [0.3, 0.4) is 0 Å². The van der Waals surface area contributed by atoms with E-state index in [1.807, 2.05) is 13.0 Å². The number of alkyl halides is 3. The van der Waals surface area contributed by atoms with Gasteiger partial charge in [-0.1, -0.05) is 18.2 Å². The molecule has 5 nitrogen and oxygen atoms in total. The van der Waals surface area contributed by atoms with Gasteiger partial charge in [-0.05, 0) is 56.5 Å². The highest BCUT2D eigenvalue weighted by atomic mass is 19.4. The summed E-state index contributed by atoms with van der Waals surface area (Å²) < 4.78 is 41.4. The number of fused-ring (bicyclic) bond motifs is 1. The second-order valence-corrected chi connectivity index (χ2v) is 7.55. The second-order valence-electron chi connectivity index (χ2n) is 7.55. The molecule has 156 valence electrons. The third kappa shape index (κ3) is 3.65. The Balaban J connectivity index is 1.91. The first-order valence-electron chi connectivity index (χ1n) is 9.53. The van der Waals surface area contributed by atoms with E-state index in [-0.39, 0.29) is 28.8 Å². The van der Waals surface area contributed by atoms with Crippen LogP contribution in [0.5, 0.6) is 5.88 Å². The van der Waals surface area contributed by atoms with E-state index in [0.29, 0.717) is 16.8 Å². The summed E-state index contributed by atoms with van der Waals surface area (Å²) in [4.78, 5) is 11.9. The summed E-state index contributed by atoms with van der Waals surface area (Å²) in [5.41, 5.74) is 3.86. The Hall–Kier alpha value is -3.29. The van der Waals surface area contributed by atoms with Crippen molar-refractivity contribution in [3.05, 3.63) is 59.2 Å². The number of hydrogen-bond donors (Lipinski definition) is 2. The summed E-state index contributed by atoms with van der Waals surface area (Å²) in [7, 11) is 0. The Morgan fingerprint density at radius 3 is 2.57 bits per heavy atom. The van der Waals surface area contributed by atoms with Crippen LogP contribution < -0.4 is 5.43 Å². The van der Waals surface area contributed by atoms with Crippen LogP contribution in [0.2, 0.25) is 0 Å². The number of hydrazone groups is 1. The standard InChI is InChI=1S/C22H20F3N3O2/c1-12-4-3-5-16(10-12)28-18-11-15(22(23,24)25)8-9-17(18)19(21(28)30)13(2)26-27-20(29)14-6-7-14/h3-5,8-11,14,30H,6-7H2,1-2H3,(H,27,29)/b26-13-. The molecule has 0 atom stereocenters. The van der Waals surface area contributed by atoms with Crippen LogP contribution >= 0.6 is 0 Å². The van der Waals surface area contributed by atoms with E-state index in [1.54, 1.807) is 25.1 Å². The third-order valence-electron chi connectivity index (χ3n) is 5.17. The Morgan fingerprint density at radius 1 is 1.20 bits per heavy atom. The van der Waals surface area contributed by atoms with Crippen molar-refractivity contribution in [2.75, 3.05) is 0 Å². The Morgan fingerprint density at radius 2 is 1.93 bits per heavy atom. The molecule has 1 aliphatic carbocycles. The van der Waals surface area contributed by atoms with Crippen LogP contribution in [0.4, 0.5) is 13.2 Å². The predicted octanol–water partition coefficient (Wildman–Crippen LogP) is 4.91. The number of hydrogen-bond acceptors (Lipinski definition) is 3. The number of aryl methyl sites for hydroxylation is 1. The molecule has 0 unspecified atom stereocenters. The molecule has 2 aromatic carbocycles. The molecular formula is C22H20F3N3O2. The van der Waals surface area contributed by atoms with Crippen molar-refractivity contribution in [2.24, 2.45) is 11.0 Å². The number of nitrogens with one attached hydrogen (secondary N) is 1. The Bertz CT molecular complexity index is 1170. The van der Waals surface area contributed by atoms with Crippen LogP contribution in [0.25, 0.3) is 16.6 Å². The number of amides is 1. The largest absolute Gasteiger partial charge is 0.494 e. The summed E-state index contributed by atoms with van der Waals surface area (Å²) in [5, 5.41) is 15.5. The Labute approximate surface area is 170 Å². The van der Waals surface area contributed by atoms with Crippen molar-refractivity contribution in [2.45, 2.75) is 32.9 Å². The lowest BCUT2D eigenvalue weighted by atomic mass is 10.1. The quantitative estimate of drug-likeness (QED) is 0.470. The van der Waals surface area contributed by atoms with Gasteiger partial charge >= 0.3 is 6.18 Å². The molecule has 0 spiro atoms. The van der Waals surface area contributed by atoms with Gasteiger partial charge in [0.05, 0.1) is 22.4 Å². The zero-order chi connectivity index (χ0) is 21.6. The summed E-state index contributed by atoms with van der Waals surface area (Å²) in [6, 6.07) is 10.4. The van der Waals surface area contributed by atoms with Gasteiger partial charge in [0.25, 0.3) is 0 Å². The molecule has 30 heavy (non-hydrogen) atoms. The summed E-state index contributed by atoms with van der Waals surface area (Å²) >= 11 is 0. The van der Waals surface area contributed by atoms with Gasteiger partial charge in [-0.2, -0.15) is 18.3 Å². The van der Waals surface area contributed by atoms with Crippen LogP contribution in [0, 0.1) is 12.8 Å². The summed E-state index contributed by atoms with van der Waals surface area (Å²) in [6.45, 7) is 3.45. The van der Waals surface area contributed by atoms with Crippen molar-refractivity contribution in [3.8, 4) is 11.6 Å². The number of nitrogens with zero attached hydrogens (tertiary/aromatic N) is 2. The fourth-order valence-electron chi connectivity index (χ4n) is 3.47. The van der Waals surface area contributed by atoms with E-state index < -0.39 is 11.7 Å². The van der Waals surface area contributed by atoms with Gasteiger partial charge in [0, 0.05) is 17.0 Å². The van der Waals surface area contributed by atoms with E-state index in [4.69, 9.17) is 0 Å². The monoisotopic (exact) mass is 415 g/mol. The maximum Gasteiger partial charge on any atom is 0.416 e. The summed E-state index contributed by atoms with van der Waals surface area (Å²) in [5.74, 6) is -0.481. The highest BCUT2D eigenvalue weighted by Crippen LogP contribution is 2.39. The van der Waals surface area contributed by atoms with Crippen molar-refractivity contribution < 1.29 is 23.1 Å². The molecule has 0 saturated heterocycles. The highest BCUT2D eigenvalue weighted by Gasteiger charge is 2.32. The van der Waals surface area contributed by atoms with Gasteiger partial charge in [0.2, 0.25) is 11.8 Å². The molecule has 1 amide bonds. The van der Waals surface area contributed by atoms with Gasteiger partial charge < -0.3 is 5.11 Å². The average Bonchev–Trinajstić information content (AvgIpc) is 3.48. The zero-order valence-electron chi connectivity index (χ0n) is 16.4. The minimum atomic E-state index is -4.52. The molecule has 0 bridgehead atoms. The smallest absolute Gasteiger partial charge is 0.416 e. The molecule has 1 heterocycles. The molecule has 3 aromatic rings. The fourth-order valence-corrected chi connectivity index (χ4v) is 3.47. The first-order valence-corrected chi connectivity index (χ1v) is 9.53. The molecule has 4 rings (SSSR count). The SMILES string of the molecule is C/C(=N/NC(=O)C1CC1)c1c(O)n(-c2cccc(C)c2)c2cc(C(F)(F)F)ccc12. The van der Waals surface area contributed by atoms with Gasteiger partial charge in [0.1, 0.15) is 0 Å². The normalized spacial score (nSPS) is 14.9. The van der Waals surface area contributed by atoms with Crippen LogP contribution in [0.1, 0.15) is 36.5 Å². The second kappa shape index (κ2) is 7.19. The van der Waals surface area contributed by atoms with Gasteiger partial charge in [-0.25, -0.2) is 5.43 Å². The first-order chi connectivity index (χ1) is 14.2. The van der Waals surface area contributed by atoms with Crippen LogP contribution in [-0.2, 0) is 11.0 Å². The fraction of sp³-hybridized carbons (Fsp3) is 0.273. The number of rotatable bonds is 4. The molecule has 0 aliphatic heterocycles. The van der Waals surface area contributed by atoms with Crippen LogP contribution in [0.15, 0.2) is 47.6 Å². The number of halogens is 3. The molecule has 1 aliphatic rings. The van der Waals surface area contributed by atoms with E-state index in [9.17, 15) is 23.1 Å². The van der Waals surface area contributed by atoms with E-state index >= 15 is 0 Å². The van der Waals surface area contributed by atoms with E-state index in [1.165, 1.54) is 10.6 Å². The number of benzene rings is 2. The van der Waals surface area contributed by atoms with Crippen molar-refractivity contribution in [1.82, 2.24) is 9.99 Å². The summed E-state index contributed by atoms with van der Waals surface area (Å²) in [6.07, 6.45) is -2.88. The lowest BCUT2D eigenvalue weighted by Crippen LogP contribution is -2.20. The topological polar surface area (TPSA) is 66.6 Å². The number of carbonyl (C=O) groups is 1. The van der Waals surface area contributed by atoms with Gasteiger partial charge in [-0.3, -0.25) is 9.36 Å². The molecule has 1 aromatic heterocycles. The van der Waals surface area contributed by atoms with E-state index in [2.05, 4.69) is 10.5 Å². The number of aromatic hydroxyl groups is 1. The van der Waals surface area contributed by atoms with Crippen LogP contribution in [-0.4, -0.2) is 21.3 Å². The lowest BCUT2D eigenvalue weighted by molar-refractivity contribution is -0.137. The molecular weight excluding hydrogens is 395 g/mol. The van der Waals surface area contributed by atoms with E-state index in [0.717, 1.165) is 30.5 Å². The molecule has 0 radical (unpaired) electrons. The van der Waals surface area contributed by atoms with Crippen molar-refractivity contribution in [1.29, 1.82) is 0 Å². The number of carbonyl (C=O) groups excluding carboxylic acids is 1.